The number of hydrogen-bond acceptors (Lipinski definition) is 4. The van der Waals surface area contributed by atoms with Gasteiger partial charge in [-0.25, -0.2) is 4.68 Å². The summed E-state index contributed by atoms with van der Waals surface area (Å²) in [6.07, 6.45) is 2.25. The zero-order valence-corrected chi connectivity index (χ0v) is 12.7. The average molecular weight is 273 g/mol. The Balaban J connectivity index is 2.39. The summed E-state index contributed by atoms with van der Waals surface area (Å²) in [4.78, 5) is 0. The first kappa shape index (κ1) is 14.5. The maximum absolute atomic E-state index is 5.87. The van der Waals surface area contributed by atoms with Gasteiger partial charge < -0.3 is 5.73 Å². The average Bonchev–Trinajstić information content (AvgIpc) is 2.92. The number of nitrogen functional groups attached to an aromatic ring is 1. The van der Waals surface area contributed by atoms with Gasteiger partial charge in [0.05, 0.1) is 6.04 Å². The lowest BCUT2D eigenvalue weighted by atomic mass is 9.95. The van der Waals surface area contributed by atoms with Crippen LogP contribution >= 0.6 is 0 Å². The van der Waals surface area contributed by atoms with E-state index < -0.39 is 0 Å². The van der Waals surface area contributed by atoms with Crippen LogP contribution in [-0.4, -0.2) is 20.2 Å². The van der Waals surface area contributed by atoms with Crippen molar-refractivity contribution in [1.82, 2.24) is 20.2 Å². The Bertz CT molecular complexity index is 571. The van der Waals surface area contributed by atoms with Gasteiger partial charge in [0.1, 0.15) is 0 Å². The summed E-state index contributed by atoms with van der Waals surface area (Å²) in [5.74, 6) is 1.39. The molecule has 0 aliphatic rings. The van der Waals surface area contributed by atoms with Crippen LogP contribution in [0.4, 0.5) is 5.69 Å². The fraction of sp³-hybridized carbons (Fsp3) is 0.533. The molecule has 1 atom stereocenters. The molecule has 2 N–H and O–H groups in total. The molecule has 0 aliphatic heterocycles. The number of rotatable bonds is 5. The molecule has 0 bridgehead atoms. The van der Waals surface area contributed by atoms with Crippen LogP contribution in [0.5, 0.6) is 0 Å². The highest BCUT2D eigenvalue weighted by atomic mass is 15.5. The Labute approximate surface area is 120 Å². The van der Waals surface area contributed by atoms with Crippen LogP contribution in [0.1, 0.15) is 45.2 Å². The lowest BCUT2D eigenvalue weighted by Gasteiger charge is -2.22. The van der Waals surface area contributed by atoms with Crippen molar-refractivity contribution in [2.24, 2.45) is 5.92 Å². The van der Waals surface area contributed by atoms with Crippen molar-refractivity contribution in [3.8, 4) is 11.4 Å². The van der Waals surface area contributed by atoms with E-state index in [0.29, 0.717) is 5.92 Å². The van der Waals surface area contributed by atoms with Gasteiger partial charge in [0.25, 0.3) is 0 Å². The molecule has 0 spiro atoms. The molecule has 0 radical (unpaired) electrons. The van der Waals surface area contributed by atoms with Crippen LogP contribution in [0, 0.1) is 12.8 Å². The SMILES string of the molecule is CCC(CC)C(C)n1nnnc1-c1ccc(N)c(C)c1. The third kappa shape index (κ3) is 2.66. The second-order valence-electron chi connectivity index (χ2n) is 5.34. The van der Waals surface area contributed by atoms with Gasteiger partial charge in [-0.05, 0) is 54.0 Å². The van der Waals surface area contributed by atoms with Gasteiger partial charge in [0.15, 0.2) is 5.82 Å². The van der Waals surface area contributed by atoms with Crippen LogP contribution < -0.4 is 5.73 Å². The fourth-order valence-electron chi connectivity index (χ4n) is 2.64. The molecule has 0 saturated carbocycles. The van der Waals surface area contributed by atoms with E-state index in [0.717, 1.165) is 35.5 Å². The van der Waals surface area contributed by atoms with E-state index in [-0.39, 0.29) is 6.04 Å². The number of aromatic nitrogens is 4. The highest BCUT2D eigenvalue weighted by Gasteiger charge is 2.21. The molecule has 20 heavy (non-hydrogen) atoms. The Hall–Kier alpha value is -1.91. The second-order valence-corrected chi connectivity index (χ2v) is 5.34. The molecule has 108 valence electrons. The van der Waals surface area contributed by atoms with E-state index in [1.165, 1.54) is 0 Å². The molecule has 5 nitrogen and oxygen atoms in total. The summed E-state index contributed by atoms with van der Waals surface area (Å²) in [5.41, 5.74) is 8.73. The molecular formula is C15H23N5. The summed E-state index contributed by atoms with van der Waals surface area (Å²) in [6.45, 7) is 8.60. The zero-order chi connectivity index (χ0) is 14.7. The number of nitrogens with zero attached hydrogens (tertiary/aromatic N) is 4. The third-order valence-corrected chi connectivity index (χ3v) is 4.14. The van der Waals surface area contributed by atoms with Gasteiger partial charge in [-0.3, -0.25) is 0 Å². The van der Waals surface area contributed by atoms with Gasteiger partial charge in [0, 0.05) is 11.3 Å². The maximum Gasteiger partial charge on any atom is 0.182 e. The molecule has 1 aromatic carbocycles. The molecule has 0 amide bonds. The Morgan fingerprint density at radius 2 is 1.95 bits per heavy atom. The molecule has 1 unspecified atom stereocenters. The summed E-state index contributed by atoms with van der Waals surface area (Å²) < 4.78 is 1.93. The molecule has 2 aromatic rings. The number of benzene rings is 1. The minimum atomic E-state index is 0.285. The highest BCUT2D eigenvalue weighted by molar-refractivity contribution is 5.61. The first-order valence-electron chi connectivity index (χ1n) is 7.22. The first-order valence-corrected chi connectivity index (χ1v) is 7.22. The van der Waals surface area contributed by atoms with Crippen LogP contribution in [0.2, 0.25) is 0 Å². The normalized spacial score (nSPS) is 12.8. The van der Waals surface area contributed by atoms with Crippen LogP contribution in [0.3, 0.4) is 0 Å². The highest BCUT2D eigenvalue weighted by Crippen LogP contribution is 2.28. The standard InChI is InChI=1S/C15H23N5/c1-5-12(6-2)11(4)20-15(17-18-19-20)13-7-8-14(16)10(3)9-13/h7-9,11-12H,5-6,16H2,1-4H3. The quantitative estimate of drug-likeness (QED) is 0.849. The number of tetrazole rings is 1. The number of aryl methyl sites for hydroxylation is 1. The summed E-state index contributed by atoms with van der Waals surface area (Å²) in [6, 6.07) is 6.21. The minimum Gasteiger partial charge on any atom is -0.399 e. The number of hydrogen-bond donors (Lipinski definition) is 1. The van der Waals surface area contributed by atoms with E-state index in [2.05, 4.69) is 36.3 Å². The lowest BCUT2D eigenvalue weighted by molar-refractivity contribution is 0.309. The van der Waals surface area contributed by atoms with Crippen molar-refractivity contribution in [2.45, 2.75) is 46.6 Å². The molecule has 1 aromatic heterocycles. The van der Waals surface area contributed by atoms with Crippen molar-refractivity contribution < 1.29 is 0 Å². The van der Waals surface area contributed by atoms with E-state index in [1.807, 2.05) is 29.8 Å². The van der Waals surface area contributed by atoms with Gasteiger partial charge in [-0.15, -0.1) is 5.10 Å². The Kier molecular flexibility index (Phi) is 4.37. The second kappa shape index (κ2) is 6.03. The smallest absolute Gasteiger partial charge is 0.182 e. The van der Waals surface area contributed by atoms with E-state index >= 15 is 0 Å². The largest absolute Gasteiger partial charge is 0.399 e. The topological polar surface area (TPSA) is 69.6 Å². The fourth-order valence-corrected chi connectivity index (χ4v) is 2.64. The summed E-state index contributed by atoms with van der Waals surface area (Å²) in [7, 11) is 0. The van der Waals surface area contributed by atoms with Crippen LogP contribution in [0.25, 0.3) is 11.4 Å². The van der Waals surface area contributed by atoms with Gasteiger partial charge in [-0.2, -0.15) is 0 Å². The Morgan fingerprint density at radius 3 is 2.55 bits per heavy atom. The van der Waals surface area contributed by atoms with E-state index in [1.54, 1.807) is 0 Å². The Morgan fingerprint density at radius 1 is 1.25 bits per heavy atom. The molecule has 1 heterocycles. The van der Waals surface area contributed by atoms with Gasteiger partial charge >= 0.3 is 0 Å². The summed E-state index contributed by atoms with van der Waals surface area (Å²) >= 11 is 0. The van der Waals surface area contributed by atoms with Crippen LogP contribution in [0.15, 0.2) is 18.2 Å². The molecule has 0 saturated heterocycles. The van der Waals surface area contributed by atoms with Gasteiger partial charge in [0.2, 0.25) is 0 Å². The zero-order valence-electron chi connectivity index (χ0n) is 12.7. The minimum absolute atomic E-state index is 0.285. The molecule has 0 aliphatic carbocycles. The van der Waals surface area contributed by atoms with Crippen molar-refractivity contribution >= 4 is 5.69 Å². The molecule has 2 rings (SSSR count). The maximum atomic E-state index is 5.87. The third-order valence-electron chi connectivity index (χ3n) is 4.14. The number of nitrogens with two attached hydrogens (primary N) is 1. The van der Waals surface area contributed by atoms with Crippen molar-refractivity contribution in [3.05, 3.63) is 23.8 Å². The predicted molar refractivity (Wildman–Crippen MR) is 81.2 cm³/mol. The molecular weight excluding hydrogens is 250 g/mol. The lowest BCUT2D eigenvalue weighted by Crippen LogP contribution is -2.18. The van der Waals surface area contributed by atoms with E-state index in [9.17, 15) is 0 Å². The first-order chi connectivity index (χ1) is 9.58. The molecule has 0 fully saturated rings. The van der Waals surface area contributed by atoms with Crippen LogP contribution in [-0.2, 0) is 0 Å². The predicted octanol–water partition coefficient (Wildman–Crippen LogP) is 3.23. The van der Waals surface area contributed by atoms with Crippen molar-refractivity contribution in [2.75, 3.05) is 5.73 Å². The van der Waals surface area contributed by atoms with Gasteiger partial charge in [-0.1, -0.05) is 26.7 Å². The van der Waals surface area contributed by atoms with Crippen molar-refractivity contribution in [1.29, 1.82) is 0 Å². The van der Waals surface area contributed by atoms with Crippen molar-refractivity contribution in [3.63, 3.8) is 0 Å². The monoisotopic (exact) mass is 273 g/mol. The number of anilines is 1. The van der Waals surface area contributed by atoms with E-state index in [4.69, 9.17) is 5.73 Å². The molecule has 5 heteroatoms. The summed E-state index contributed by atoms with van der Waals surface area (Å²) in [5, 5.41) is 12.2.